The van der Waals surface area contributed by atoms with Gasteiger partial charge in [-0.05, 0) is 17.7 Å². The third-order valence-electron chi connectivity index (χ3n) is 3.61. The zero-order valence-corrected chi connectivity index (χ0v) is 8.68. The maximum atomic E-state index is 10.2. The molecule has 0 aromatic carbocycles. The average Bonchev–Trinajstić information content (AvgIpc) is 2.37. The van der Waals surface area contributed by atoms with Crippen molar-refractivity contribution in [1.82, 2.24) is 0 Å². The highest BCUT2D eigenvalue weighted by Gasteiger charge is 2.45. The van der Waals surface area contributed by atoms with Gasteiger partial charge in [0.15, 0.2) is 5.79 Å². The van der Waals surface area contributed by atoms with Crippen LogP contribution in [0.15, 0.2) is 0 Å². The molecule has 1 heterocycles. The van der Waals surface area contributed by atoms with Crippen molar-refractivity contribution >= 4 is 7.28 Å². The van der Waals surface area contributed by atoms with Gasteiger partial charge >= 0.3 is 0 Å². The molecule has 2 atom stereocenters. The Hall–Kier alpha value is -0.0151. The maximum absolute atomic E-state index is 10.2. The highest BCUT2D eigenvalue weighted by molar-refractivity contribution is 6.38. The molecule has 0 radical (unpaired) electrons. The molecule has 13 heavy (non-hydrogen) atoms. The third kappa shape index (κ3) is 1.77. The molecule has 1 saturated heterocycles. The second-order valence-electron chi connectivity index (χ2n) is 5.43. The Balaban J connectivity index is 2.11. The molecule has 1 aliphatic carbocycles. The van der Waals surface area contributed by atoms with Crippen LogP contribution in [-0.2, 0) is 4.74 Å². The highest BCUT2D eigenvalue weighted by Crippen LogP contribution is 2.45. The van der Waals surface area contributed by atoms with Gasteiger partial charge in [0.25, 0.3) is 0 Å². The molecule has 1 aliphatic heterocycles. The number of fused-ring (bicyclic) bond motifs is 1. The summed E-state index contributed by atoms with van der Waals surface area (Å²) in [5, 5.41) is 10.2. The zero-order chi connectivity index (χ0) is 9.53. The van der Waals surface area contributed by atoms with Gasteiger partial charge in [-0.25, -0.2) is 0 Å². The Labute approximate surface area is 80.9 Å². The molecule has 0 spiro atoms. The fourth-order valence-electron chi connectivity index (χ4n) is 2.55. The first kappa shape index (κ1) is 9.54. The van der Waals surface area contributed by atoms with Gasteiger partial charge in [0.05, 0.1) is 6.61 Å². The summed E-state index contributed by atoms with van der Waals surface area (Å²) in [6.07, 6.45) is 4.29. The molecule has 2 nitrogen and oxygen atoms in total. The molecule has 2 aliphatic rings. The quantitative estimate of drug-likeness (QED) is 0.576. The second kappa shape index (κ2) is 2.99. The van der Waals surface area contributed by atoms with Crippen molar-refractivity contribution in [1.29, 1.82) is 0 Å². The fraction of sp³-hybridized carbons (Fsp3) is 1.00. The summed E-state index contributed by atoms with van der Waals surface area (Å²) in [5.41, 5.74) is 0.250. The first-order valence-electron chi connectivity index (χ1n) is 5.38. The highest BCUT2D eigenvalue weighted by atomic mass is 16.6. The SMILES string of the molecule is CC1(C)CBC2CCCC2(O)OC1. The molecule has 74 valence electrons. The van der Waals surface area contributed by atoms with E-state index in [-0.39, 0.29) is 5.41 Å². The lowest BCUT2D eigenvalue weighted by Crippen LogP contribution is -2.34. The molecule has 2 unspecified atom stereocenters. The first-order valence-corrected chi connectivity index (χ1v) is 5.38. The standard InChI is InChI=1S/C10H19BO2/c1-9(2)6-11-8-4-3-5-10(8,12)13-7-9/h8,11-12H,3-7H2,1-2H3. The molecule has 2 rings (SSSR count). The van der Waals surface area contributed by atoms with Crippen LogP contribution in [0.2, 0.25) is 12.1 Å². The van der Waals surface area contributed by atoms with Crippen molar-refractivity contribution in [2.45, 2.75) is 51.0 Å². The number of rotatable bonds is 0. The van der Waals surface area contributed by atoms with E-state index in [0.29, 0.717) is 12.4 Å². The minimum absolute atomic E-state index is 0.250. The molecule has 0 aromatic rings. The first-order chi connectivity index (χ1) is 6.02. The van der Waals surface area contributed by atoms with Gasteiger partial charge in [-0.1, -0.05) is 26.6 Å². The molecular weight excluding hydrogens is 163 g/mol. The number of ether oxygens (including phenoxy) is 1. The Morgan fingerprint density at radius 3 is 3.00 bits per heavy atom. The van der Waals surface area contributed by atoms with E-state index < -0.39 is 5.79 Å². The largest absolute Gasteiger partial charge is 0.366 e. The zero-order valence-electron chi connectivity index (χ0n) is 8.68. The van der Waals surface area contributed by atoms with E-state index in [1.807, 2.05) is 0 Å². The van der Waals surface area contributed by atoms with E-state index in [0.717, 1.165) is 26.5 Å². The topological polar surface area (TPSA) is 29.5 Å². The Morgan fingerprint density at radius 1 is 1.46 bits per heavy atom. The molecule has 2 fully saturated rings. The van der Waals surface area contributed by atoms with Crippen molar-refractivity contribution in [2.75, 3.05) is 6.61 Å². The van der Waals surface area contributed by atoms with E-state index in [2.05, 4.69) is 13.8 Å². The summed E-state index contributed by atoms with van der Waals surface area (Å²) in [4.78, 5) is 0. The molecule has 1 N–H and O–H groups in total. The third-order valence-corrected chi connectivity index (χ3v) is 3.61. The molecule has 0 aromatic heterocycles. The average molecular weight is 182 g/mol. The van der Waals surface area contributed by atoms with Crippen LogP contribution in [-0.4, -0.2) is 24.8 Å². The summed E-state index contributed by atoms with van der Waals surface area (Å²) < 4.78 is 5.69. The summed E-state index contributed by atoms with van der Waals surface area (Å²) in [6.45, 7) is 5.15. The number of hydrogen-bond donors (Lipinski definition) is 1. The minimum atomic E-state index is -0.770. The van der Waals surface area contributed by atoms with E-state index in [4.69, 9.17) is 4.74 Å². The van der Waals surface area contributed by atoms with Gasteiger partial charge in [-0.15, -0.1) is 0 Å². The fourth-order valence-corrected chi connectivity index (χ4v) is 2.55. The van der Waals surface area contributed by atoms with Crippen molar-refractivity contribution in [3.63, 3.8) is 0 Å². The van der Waals surface area contributed by atoms with Gasteiger partial charge in [0.1, 0.15) is 7.28 Å². The predicted molar refractivity (Wildman–Crippen MR) is 54.2 cm³/mol. The maximum Gasteiger partial charge on any atom is 0.161 e. The summed E-state index contributed by atoms with van der Waals surface area (Å²) in [7, 11) is 1.13. The lowest BCUT2D eigenvalue weighted by Gasteiger charge is -2.29. The monoisotopic (exact) mass is 182 g/mol. The summed E-state index contributed by atoms with van der Waals surface area (Å²) in [5.74, 6) is -0.373. The van der Waals surface area contributed by atoms with E-state index in [1.165, 1.54) is 6.32 Å². The van der Waals surface area contributed by atoms with E-state index in [1.54, 1.807) is 0 Å². The van der Waals surface area contributed by atoms with E-state index in [9.17, 15) is 5.11 Å². The predicted octanol–water partition coefficient (Wildman–Crippen LogP) is 1.56. The van der Waals surface area contributed by atoms with Crippen LogP contribution in [0.5, 0.6) is 0 Å². The van der Waals surface area contributed by atoms with Gasteiger partial charge in [0, 0.05) is 6.42 Å². The Morgan fingerprint density at radius 2 is 2.23 bits per heavy atom. The Bertz CT molecular complexity index is 205. The molecule has 1 saturated carbocycles. The summed E-state index contributed by atoms with van der Waals surface area (Å²) in [6, 6.07) is 0. The lowest BCUT2D eigenvalue weighted by atomic mass is 9.55. The van der Waals surface area contributed by atoms with Gasteiger partial charge < -0.3 is 9.84 Å². The van der Waals surface area contributed by atoms with Crippen molar-refractivity contribution in [3.8, 4) is 0 Å². The summed E-state index contributed by atoms with van der Waals surface area (Å²) >= 11 is 0. The smallest absolute Gasteiger partial charge is 0.161 e. The number of aliphatic hydroxyl groups is 1. The van der Waals surface area contributed by atoms with Gasteiger partial charge in [-0.2, -0.15) is 0 Å². The van der Waals surface area contributed by atoms with Crippen LogP contribution in [0.4, 0.5) is 0 Å². The molecule has 3 heteroatoms. The van der Waals surface area contributed by atoms with Crippen LogP contribution >= 0.6 is 0 Å². The minimum Gasteiger partial charge on any atom is -0.366 e. The van der Waals surface area contributed by atoms with Crippen LogP contribution in [0.3, 0.4) is 0 Å². The number of hydrogen-bond acceptors (Lipinski definition) is 2. The van der Waals surface area contributed by atoms with Crippen LogP contribution in [0.1, 0.15) is 33.1 Å². The Kier molecular flexibility index (Phi) is 2.19. The molecular formula is C10H19BO2. The molecule has 0 amide bonds. The van der Waals surface area contributed by atoms with Gasteiger partial charge in [0.2, 0.25) is 0 Å². The lowest BCUT2D eigenvalue weighted by molar-refractivity contribution is -0.205. The van der Waals surface area contributed by atoms with E-state index >= 15 is 0 Å². The van der Waals surface area contributed by atoms with Gasteiger partial charge in [-0.3, -0.25) is 0 Å². The van der Waals surface area contributed by atoms with Crippen LogP contribution in [0.25, 0.3) is 0 Å². The van der Waals surface area contributed by atoms with Crippen molar-refractivity contribution < 1.29 is 9.84 Å². The van der Waals surface area contributed by atoms with Crippen LogP contribution < -0.4 is 0 Å². The molecule has 0 bridgehead atoms. The van der Waals surface area contributed by atoms with Crippen LogP contribution in [0, 0.1) is 5.41 Å². The second-order valence-corrected chi connectivity index (χ2v) is 5.43. The normalized spacial score (nSPS) is 43.5. The van der Waals surface area contributed by atoms with Crippen molar-refractivity contribution in [2.24, 2.45) is 5.41 Å². The van der Waals surface area contributed by atoms with Crippen molar-refractivity contribution in [3.05, 3.63) is 0 Å².